The minimum absolute atomic E-state index is 0.0165. The van der Waals surface area contributed by atoms with Crippen LogP contribution in [0.5, 0.6) is 0 Å². The SMILES string of the molecule is COC[C@H]1C[C@@H](C(=O)O)N(C(=O)O)C1. The second-order valence-corrected chi connectivity index (χ2v) is 3.35. The lowest BCUT2D eigenvalue weighted by molar-refractivity contribution is -0.141. The zero-order valence-electron chi connectivity index (χ0n) is 7.84. The minimum atomic E-state index is -1.18. The van der Waals surface area contributed by atoms with E-state index in [0.717, 1.165) is 4.90 Å². The lowest BCUT2D eigenvalue weighted by atomic mass is 10.1. The van der Waals surface area contributed by atoms with Crippen molar-refractivity contribution in [2.45, 2.75) is 12.5 Å². The Bertz CT molecular complexity index is 220. The molecule has 1 aliphatic rings. The summed E-state index contributed by atoms with van der Waals surface area (Å²) in [7, 11) is 1.51. The van der Waals surface area contributed by atoms with E-state index in [1.807, 2.05) is 0 Å². The molecule has 0 spiro atoms. The smallest absolute Gasteiger partial charge is 0.408 e. The highest BCUT2D eigenvalue weighted by atomic mass is 16.5. The molecule has 2 atom stereocenters. The van der Waals surface area contributed by atoms with E-state index in [-0.39, 0.29) is 12.5 Å². The predicted molar refractivity (Wildman–Crippen MR) is 46.1 cm³/mol. The van der Waals surface area contributed by atoms with E-state index in [9.17, 15) is 9.59 Å². The van der Waals surface area contributed by atoms with Crippen molar-refractivity contribution in [3.63, 3.8) is 0 Å². The van der Waals surface area contributed by atoms with Crippen molar-refractivity contribution >= 4 is 12.1 Å². The molecule has 1 heterocycles. The van der Waals surface area contributed by atoms with Gasteiger partial charge in [0.15, 0.2) is 0 Å². The number of hydrogen-bond acceptors (Lipinski definition) is 3. The topological polar surface area (TPSA) is 87.1 Å². The quantitative estimate of drug-likeness (QED) is 0.678. The van der Waals surface area contributed by atoms with E-state index in [1.54, 1.807) is 0 Å². The summed E-state index contributed by atoms with van der Waals surface area (Å²) >= 11 is 0. The van der Waals surface area contributed by atoms with Crippen LogP contribution in [-0.4, -0.2) is 53.5 Å². The first-order valence-electron chi connectivity index (χ1n) is 4.27. The van der Waals surface area contributed by atoms with E-state index in [4.69, 9.17) is 14.9 Å². The number of aliphatic carboxylic acids is 1. The van der Waals surface area contributed by atoms with Gasteiger partial charge >= 0.3 is 12.1 Å². The van der Waals surface area contributed by atoms with Gasteiger partial charge in [0.1, 0.15) is 6.04 Å². The third kappa shape index (κ3) is 2.14. The number of amides is 1. The monoisotopic (exact) mass is 203 g/mol. The molecule has 6 nitrogen and oxygen atoms in total. The van der Waals surface area contributed by atoms with Crippen molar-refractivity contribution in [1.82, 2.24) is 4.90 Å². The summed E-state index contributed by atoms with van der Waals surface area (Å²) in [6.45, 7) is 0.633. The Morgan fingerprint density at radius 1 is 1.50 bits per heavy atom. The Labute approximate surface area is 81.1 Å². The number of carbonyl (C=O) groups is 2. The Morgan fingerprint density at radius 3 is 2.50 bits per heavy atom. The van der Waals surface area contributed by atoms with E-state index < -0.39 is 18.1 Å². The molecule has 1 fully saturated rings. The van der Waals surface area contributed by atoms with E-state index in [2.05, 4.69) is 0 Å². The third-order valence-electron chi connectivity index (χ3n) is 2.32. The van der Waals surface area contributed by atoms with Gasteiger partial charge in [0.2, 0.25) is 0 Å². The van der Waals surface area contributed by atoms with Gasteiger partial charge in [-0.2, -0.15) is 0 Å². The van der Waals surface area contributed by atoms with Crippen LogP contribution in [0.4, 0.5) is 4.79 Å². The van der Waals surface area contributed by atoms with Crippen LogP contribution in [0.25, 0.3) is 0 Å². The van der Waals surface area contributed by atoms with Crippen LogP contribution < -0.4 is 0 Å². The Balaban J connectivity index is 2.65. The molecule has 1 amide bonds. The summed E-state index contributed by atoms with van der Waals surface area (Å²) in [4.78, 5) is 22.4. The molecule has 2 N–H and O–H groups in total. The number of likely N-dealkylation sites (tertiary alicyclic amines) is 1. The zero-order chi connectivity index (χ0) is 10.7. The van der Waals surface area contributed by atoms with Crippen molar-refractivity contribution in [3.8, 4) is 0 Å². The summed E-state index contributed by atoms with van der Waals surface area (Å²) in [5.41, 5.74) is 0. The molecule has 0 bridgehead atoms. The third-order valence-corrected chi connectivity index (χ3v) is 2.32. The number of rotatable bonds is 3. The lowest BCUT2D eigenvalue weighted by Crippen LogP contribution is -2.39. The number of hydrogen-bond donors (Lipinski definition) is 2. The molecule has 0 radical (unpaired) electrons. The number of carboxylic acid groups (broad SMARTS) is 2. The maximum Gasteiger partial charge on any atom is 0.408 e. The van der Waals surface area contributed by atoms with Gasteiger partial charge in [-0.05, 0) is 6.42 Å². The molecular formula is C8H13NO5. The van der Waals surface area contributed by atoms with Crippen LogP contribution in [0.2, 0.25) is 0 Å². The number of methoxy groups -OCH3 is 1. The highest BCUT2D eigenvalue weighted by Crippen LogP contribution is 2.23. The zero-order valence-corrected chi connectivity index (χ0v) is 7.84. The van der Waals surface area contributed by atoms with Crippen LogP contribution >= 0.6 is 0 Å². The molecule has 0 aromatic heterocycles. The largest absolute Gasteiger partial charge is 0.480 e. The van der Waals surface area contributed by atoms with Gasteiger partial charge in [0.05, 0.1) is 6.61 Å². The maximum atomic E-state index is 10.7. The van der Waals surface area contributed by atoms with Crippen LogP contribution in [-0.2, 0) is 9.53 Å². The Hall–Kier alpha value is -1.30. The fourth-order valence-electron chi connectivity index (χ4n) is 1.72. The first kappa shape index (κ1) is 10.8. The number of carboxylic acids is 1. The highest BCUT2D eigenvalue weighted by Gasteiger charge is 2.39. The summed E-state index contributed by atoms with van der Waals surface area (Å²) < 4.78 is 4.87. The second kappa shape index (κ2) is 4.28. The Kier molecular flexibility index (Phi) is 3.29. The van der Waals surface area contributed by atoms with Gasteiger partial charge in [-0.3, -0.25) is 4.90 Å². The maximum absolute atomic E-state index is 10.7. The number of nitrogens with zero attached hydrogens (tertiary/aromatic N) is 1. The molecule has 0 unspecified atom stereocenters. The fraction of sp³-hybridized carbons (Fsp3) is 0.750. The first-order chi connectivity index (χ1) is 6.56. The molecule has 0 aliphatic carbocycles. The summed E-state index contributed by atoms with van der Waals surface area (Å²) in [6, 6.07) is -0.923. The van der Waals surface area contributed by atoms with Gasteiger partial charge in [-0.1, -0.05) is 0 Å². The summed E-state index contributed by atoms with van der Waals surface area (Å²) in [5, 5.41) is 17.5. The highest BCUT2D eigenvalue weighted by molar-refractivity contribution is 5.80. The molecule has 0 aromatic rings. The molecule has 1 saturated heterocycles. The van der Waals surface area contributed by atoms with Crippen molar-refractivity contribution in [3.05, 3.63) is 0 Å². The molecule has 0 saturated carbocycles. The van der Waals surface area contributed by atoms with Crippen molar-refractivity contribution in [1.29, 1.82) is 0 Å². The van der Waals surface area contributed by atoms with Crippen molar-refractivity contribution < 1.29 is 24.5 Å². The van der Waals surface area contributed by atoms with Gasteiger partial charge < -0.3 is 14.9 Å². The van der Waals surface area contributed by atoms with Crippen molar-refractivity contribution in [2.24, 2.45) is 5.92 Å². The first-order valence-corrected chi connectivity index (χ1v) is 4.27. The second-order valence-electron chi connectivity index (χ2n) is 3.35. The molecule has 80 valence electrons. The van der Waals surface area contributed by atoms with Crippen LogP contribution in [0.3, 0.4) is 0 Å². The minimum Gasteiger partial charge on any atom is -0.480 e. The normalized spacial score (nSPS) is 26.5. The Morgan fingerprint density at radius 2 is 2.14 bits per heavy atom. The van der Waals surface area contributed by atoms with Gasteiger partial charge in [0, 0.05) is 19.6 Å². The fourth-order valence-corrected chi connectivity index (χ4v) is 1.72. The van der Waals surface area contributed by atoms with Crippen molar-refractivity contribution in [2.75, 3.05) is 20.3 Å². The van der Waals surface area contributed by atoms with Gasteiger partial charge in [0.25, 0.3) is 0 Å². The average molecular weight is 203 g/mol. The molecule has 6 heteroatoms. The van der Waals surface area contributed by atoms with Crippen LogP contribution in [0.1, 0.15) is 6.42 Å². The summed E-state index contributed by atoms with van der Waals surface area (Å²) in [5.74, 6) is -1.11. The molecule has 1 aliphatic heterocycles. The standard InChI is InChI=1S/C8H13NO5/c1-14-4-5-2-6(7(10)11)9(3-5)8(12)13/h5-6H,2-4H2,1H3,(H,10,11)(H,12,13)/t5-,6-/m0/s1. The molecule has 1 rings (SSSR count). The lowest BCUT2D eigenvalue weighted by Gasteiger charge is -2.16. The van der Waals surface area contributed by atoms with Gasteiger partial charge in [-0.15, -0.1) is 0 Å². The van der Waals surface area contributed by atoms with Crippen LogP contribution in [0.15, 0.2) is 0 Å². The number of ether oxygens (including phenoxy) is 1. The summed E-state index contributed by atoms with van der Waals surface area (Å²) in [6.07, 6.45) is -0.855. The van der Waals surface area contributed by atoms with Crippen LogP contribution in [0, 0.1) is 5.92 Å². The predicted octanol–water partition coefficient (Wildman–Crippen LogP) is 0.0859. The van der Waals surface area contributed by atoms with E-state index in [1.165, 1.54) is 7.11 Å². The van der Waals surface area contributed by atoms with E-state index >= 15 is 0 Å². The van der Waals surface area contributed by atoms with Gasteiger partial charge in [-0.25, -0.2) is 9.59 Å². The average Bonchev–Trinajstić information content (AvgIpc) is 2.49. The molecular weight excluding hydrogens is 190 g/mol. The molecule has 14 heavy (non-hydrogen) atoms. The van der Waals surface area contributed by atoms with E-state index in [0.29, 0.717) is 13.0 Å². The molecule has 0 aromatic carbocycles.